The Hall–Kier alpha value is -1.86. The molecule has 0 bridgehead atoms. The van der Waals surface area contributed by atoms with Crippen LogP contribution in [0.2, 0.25) is 0 Å². The van der Waals surface area contributed by atoms with Gasteiger partial charge in [-0.05, 0) is 18.9 Å². The number of carbonyl (C=O) groups excluding carboxylic acids is 1. The van der Waals surface area contributed by atoms with Crippen LogP contribution in [0.5, 0.6) is 0 Å². The summed E-state index contributed by atoms with van der Waals surface area (Å²) in [6.45, 7) is 5.19. The van der Waals surface area contributed by atoms with Crippen molar-refractivity contribution >= 4 is 5.91 Å². The van der Waals surface area contributed by atoms with Gasteiger partial charge in [-0.1, -0.05) is 37.3 Å². The van der Waals surface area contributed by atoms with E-state index >= 15 is 0 Å². The molecule has 1 rings (SSSR count). The van der Waals surface area contributed by atoms with Gasteiger partial charge in [-0.3, -0.25) is 4.79 Å². The molecule has 0 spiro atoms. The molecule has 1 aromatic rings. The van der Waals surface area contributed by atoms with Gasteiger partial charge in [-0.2, -0.15) is 5.26 Å². The van der Waals surface area contributed by atoms with Crippen molar-refractivity contribution in [2.45, 2.75) is 38.6 Å². The highest BCUT2D eigenvalue weighted by Gasteiger charge is 2.10. The number of amides is 1. The van der Waals surface area contributed by atoms with Crippen LogP contribution in [0.25, 0.3) is 0 Å². The van der Waals surface area contributed by atoms with Crippen LogP contribution in [0.3, 0.4) is 0 Å². The Morgan fingerprint density at radius 3 is 2.65 bits per heavy atom. The van der Waals surface area contributed by atoms with E-state index in [0.29, 0.717) is 19.5 Å². The Bertz CT molecular complexity index is 439. The SMILES string of the molecule is CCC(C)NC(=O)CCNCC(C#N)c1ccccc1. The smallest absolute Gasteiger partial charge is 0.221 e. The minimum absolute atomic E-state index is 0.0556. The highest BCUT2D eigenvalue weighted by molar-refractivity contribution is 5.76. The number of benzene rings is 1. The number of carbonyl (C=O) groups is 1. The zero-order chi connectivity index (χ0) is 14.8. The van der Waals surface area contributed by atoms with Gasteiger partial charge in [0.1, 0.15) is 0 Å². The van der Waals surface area contributed by atoms with E-state index < -0.39 is 0 Å². The van der Waals surface area contributed by atoms with E-state index in [0.717, 1.165) is 12.0 Å². The number of nitrogens with zero attached hydrogens (tertiary/aromatic N) is 1. The molecule has 2 atom stereocenters. The molecule has 4 nitrogen and oxygen atoms in total. The Morgan fingerprint density at radius 2 is 2.05 bits per heavy atom. The third-order valence-corrected chi connectivity index (χ3v) is 3.25. The van der Waals surface area contributed by atoms with E-state index in [4.69, 9.17) is 5.26 Å². The zero-order valence-electron chi connectivity index (χ0n) is 12.2. The Morgan fingerprint density at radius 1 is 1.35 bits per heavy atom. The molecule has 0 radical (unpaired) electrons. The topological polar surface area (TPSA) is 64.9 Å². The Balaban J connectivity index is 2.26. The summed E-state index contributed by atoms with van der Waals surface area (Å²) >= 11 is 0. The quantitative estimate of drug-likeness (QED) is 0.714. The van der Waals surface area contributed by atoms with Gasteiger partial charge in [-0.25, -0.2) is 0 Å². The molecular formula is C16H23N3O. The van der Waals surface area contributed by atoms with Crippen LogP contribution in [0.4, 0.5) is 0 Å². The van der Waals surface area contributed by atoms with Crippen LogP contribution in [-0.2, 0) is 4.79 Å². The van der Waals surface area contributed by atoms with Crippen molar-refractivity contribution in [1.82, 2.24) is 10.6 Å². The van der Waals surface area contributed by atoms with Crippen LogP contribution in [-0.4, -0.2) is 25.0 Å². The molecule has 1 aromatic carbocycles. The van der Waals surface area contributed by atoms with Gasteiger partial charge in [0.25, 0.3) is 0 Å². The summed E-state index contributed by atoms with van der Waals surface area (Å²) in [4.78, 5) is 11.6. The minimum atomic E-state index is -0.172. The average Bonchev–Trinajstić information content (AvgIpc) is 2.48. The predicted molar refractivity (Wildman–Crippen MR) is 80.2 cm³/mol. The average molecular weight is 273 g/mol. The largest absolute Gasteiger partial charge is 0.354 e. The van der Waals surface area contributed by atoms with Gasteiger partial charge in [-0.15, -0.1) is 0 Å². The number of hydrogen-bond acceptors (Lipinski definition) is 3. The standard InChI is InChI=1S/C16H23N3O/c1-3-13(2)19-16(20)9-10-18-12-15(11-17)14-7-5-4-6-8-14/h4-8,13,15,18H,3,9-10,12H2,1-2H3,(H,19,20). The fourth-order valence-corrected chi connectivity index (χ4v) is 1.82. The van der Waals surface area contributed by atoms with Crippen molar-refractivity contribution in [2.24, 2.45) is 0 Å². The number of hydrogen-bond donors (Lipinski definition) is 2. The van der Waals surface area contributed by atoms with Gasteiger partial charge < -0.3 is 10.6 Å². The second-order valence-corrected chi connectivity index (χ2v) is 4.92. The van der Waals surface area contributed by atoms with E-state index in [-0.39, 0.29) is 17.9 Å². The van der Waals surface area contributed by atoms with Crippen LogP contribution in [0.15, 0.2) is 30.3 Å². The van der Waals surface area contributed by atoms with Crippen molar-refractivity contribution in [1.29, 1.82) is 5.26 Å². The van der Waals surface area contributed by atoms with E-state index in [1.165, 1.54) is 0 Å². The van der Waals surface area contributed by atoms with Gasteiger partial charge in [0.05, 0.1) is 12.0 Å². The zero-order valence-corrected chi connectivity index (χ0v) is 12.2. The van der Waals surface area contributed by atoms with Crippen molar-refractivity contribution in [3.63, 3.8) is 0 Å². The molecule has 0 saturated carbocycles. The summed E-state index contributed by atoms with van der Waals surface area (Å²) in [5.41, 5.74) is 1.01. The van der Waals surface area contributed by atoms with Crippen LogP contribution in [0, 0.1) is 11.3 Å². The lowest BCUT2D eigenvalue weighted by molar-refractivity contribution is -0.121. The van der Waals surface area contributed by atoms with E-state index in [2.05, 4.69) is 16.7 Å². The lowest BCUT2D eigenvalue weighted by Gasteiger charge is -2.13. The van der Waals surface area contributed by atoms with Gasteiger partial charge in [0.2, 0.25) is 5.91 Å². The molecule has 0 aliphatic rings. The normalized spacial score (nSPS) is 13.2. The molecule has 1 amide bonds. The monoisotopic (exact) mass is 273 g/mol. The first-order chi connectivity index (χ1) is 9.67. The van der Waals surface area contributed by atoms with Crippen LogP contribution >= 0.6 is 0 Å². The third-order valence-electron chi connectivity index (χ3n) is 3.25. The van der Waals surface area contributed by atoms with Crippen LogP contribution in [0.1, 0.15) is 38.2 Å². The maximum absolute atomic E-state index is 11.6. The summed E-state index contributed by atoms with van der Waals surface area (Å²) in [5, 5.41) is 15.3. The summed E-state index contributed by atoms with van der Waals surface area (Å²) in [5.74, 6) is -0.117. The first-order valence-corrected chi connectivity index (χ1v) is 7.12. The minimum Gasteiger partial charge on any atom is -0.354 e. The molecule has 0 heterocycles. The van der Waals surface area contributed by atoms with Gasteiger partial charge in [0.15, 0.2) is 0 Å². The maximum atomic E-state index is 11.6. The van der Waals surface area contributed by atoms with Gasteiger partial charge >= 0.3 is 0 Å². The second kappa shape index (κ2) is 9.11. The third kappa shape index (κ3) is 5.85. The number of nitrogens with one attached hydrogen (secondary N) is 2. The maximum Gasteiger partial charge on any atom is 0.221 e. The fraction of sp³-hybridized carbons (Fsp3) is 0.500. The molecule has 0 aromatic heterocycles. The predicted octanol–water partition coefficient (Wildman–Crippen LogP) is 2.19. The first kappa shape index (κ1) is 16.2. The second-order valence-electron chi connectivity index (χ2n) is 4.92. The molecule has 0 fully saturated rings. The van der Waals surface area contributed by atoms with Crippen molar-refractivity contribution in [2.75, 3.05) is 13.1 Å². The lowest BCUT2D eigenvalue weighted by atomic mass is 10.0. The number of nitriles is 1. The Kier molecular flexibility index (Phi) is 7.38. The van der Waals surface area contributed by atoms with E-state index in [1.807, 2.05) is 44.2 Å². The number of rotatable bonds is 8. The molecule has 0 aliphatic carbocycles. The molecule has 2 unspecified atom stereocenters. The summed E-state index contributed by atoms with van der Waals surface area (Å²) in [6.07, 6.45) is 1.38. The summed E-state index contributed by atoms with van der Waals surface area (Å²) < 4.78 is 0. The molecule has 4 heteroatoms. The van der Waals surface area contributed by atoms with Gasteiger partial charge in [0, 0.05) is 25.6 Å². The fourth-order valence-electron chi connectivity index (χ4n) is 1.82. The molecule has 108 valence electrons. The Labute approximate surface area is 121 Å². The summed E-state index contributed by atoms with van der Waals surface area (Å²) in [7, 11) is 0. The van der Waals surface area contributed by atoms with Crippen molar-refractivity contribution < 1.29 is 4.79 Å². The van der Waals surface area contributed by atoms with Crippen molar-refractivity contribution in [3.8, 4) is 6.07 Å². The first-order valence-electron chi connectivity index (χ1n) is 7.12. The highest BCUT2D eigenvalue weighted by Crippen LogP contribution is 2.12. The molecule has 20 heavy (non-hydrogen) atoms. The molecule has 0 saturated heterocycles. The summed E-state index contributed by atoms with van der Waals surface area (Å²) in [6, 6.07) is 12.2. The van der Waals surface area contributed by atoms with E-state index in [1.54, 1.807) is 0 Å². The lowest BCUT2D eigenvalue weighted by Crippen LogP contribution is -2.34. The molecule has 0 aliphatic heterocycles. The van der Waals surface area contributed by atoms with Crippen LogP contribution < -0.4 is 10.6 Å². The van der Waals surface area contributed by atoms with E-state index in [9.17, 15) is 4.79 Å². The van der Waals surface area contributed by atoms with Crippen molar-refractivity contribution in [3.05, 3.63) is 35.9 Å². The molecular weight excluding hydrogens is 250 g/mol. The molecule has 2 N–H and O–H groups in total. The highest BCUT2D eigenvalue weighted by atomic mass is 16.1.